The zero-order valence-corrected chi connectivity index (χ0v) is 11.2. The smallest absolute Gasteiger partial charge is 0.153 e. The monoisotopic (exact) mass is 236 g/mol. The lowest BCUT2D eigenvalue weighted by molar-refractivity contribution is 0.337. The first-order chi connectivity index (χ1) is 8.04. The SMILES string of the molecule is Cc1nnc(C2(N)CCCCCC2)n1C(C)C. The maximum absolute atomic E-state index is 6.61. The summed E-state index contributed by atoms with van der Waals surface area (Å²) in [5.74, 6) is 1.97. The first kappa shape index (κ1) is 12.6. The van der Waals surface area contributed by atoms with Crippen LogP contribution in [0.4, 0.5) is 0 Å². The summed E-state index contributed by atoms with van der Waals surface area (Å²) in [5.41, 5.74) is 6.35. The minimum Gasteiger partial charge on any atom is -0.319 e. The molecule has 0 bridgehead atoms. The molecule has 0 unspecified atom stereocenters. The number of hydrogen-bond donors (Lipinski definition) is 1. The molecule has 0 atom stereocenters. The number of nitrogens with zero attached hydrogens (tertiary/aromatic N) is 3. The Hall–Kier alpha value is -0.900. The van der Waals surface area contributed by atoms with E-state index in [0.717, 1.165) is 24.5 Å². The van der Waals surface area contributed by atoms with E-state index < -0.39 is 0 Å². The number of aryl methyl sites for hydroxylation is 1. The van der Waals surface area contributed by atoms with Gasteiger partial charge >= 0.3 is 0 Å². The number of rotatable bonds is 2. The van der Waals surface area contributed by atoms with Crippen molar-refractivity contribution in [2.24, 2.45) is 5.73 Å². The van der Waals surface area contributed by atoms with Gasteiger partial charge in [-0.3, -0.25) is 0 Å². The molecule has 0 spiro atoms. The Bertz CT molecular complexity index is 373. The molecule has 2 rings (SSSR count). The Morgan fingerprint density at radius 1 is 1.12 bits per heavy atom. The molecule has 96 valence electrons. The molecule has 1 fully saturated rings. The second-order valence-electron chi connectivity index (χ2n) is 5.60. The third-order valence-electron chi connectivity index (χ3n) is 3.82. The van der Waals surface area contributed by atoms with Crippen molar-refractivity contribution in [1.29, 1.82) is 0 Å². The Morgan fingerprint density at radius 2 is 1.71 bits per heavy atom. The van der Waals surface area contributed by atoms with Crippen molar-refractivity contribution in [3.8, 4) is 0 Å². The number of hydrogen-bond acceptors (Lipinski definition) is 3. The van der Waals surface area contributed by atoms with Gasteiger partial charge in [0.1, 0.15) is 5.82 Å². The summed E-state index contributed by atoms with van der Waals surface area (Å²) in [6.45, 7) is 6.34. The van der Waals surface area contributed by atoms with Gasteiger partial charge in [-0.1, -0.05) is 25.7 Å². The Labute approximate surface area is 104 Å². The fraction of sp³-hybridized carbons (Fsp3) is 0.846. The Morgan fingerprint density at radius 3 is 2.24 bits per heavy atom. The van der Waals surface area contributed by atoms with E-state index in [1.807, 2.05) is 6.92 Å². The van der Waals surface area contributed by atoms with E-state index in [0.29, 0.717) is 6.04 Å². The highest BCUT2D eigenvalue weighted by atomic mass is 15.3. The highest BCUT2D eigenvalue weighted by molar-refractivity contribution is 5.09. The molecule has 1 saturated carbocycles. The van der Waals surface area contributed by atoms with Gasteiger partial charge in [-0.05, 0) is 33.6 Å². The predicted octanol–water partition coefficient (Wildman–Crippen LogP) is 2.68. The van der Waals surface area contributed by atoms with Crippen molar-refractivity contribution >= 4 is 0 Å². The molecule has 1 aromatic rings. The Balaban J connectivity index is 2.37. The summed E-state index contributed by atoms with van der Waals surface area (Å²) < 4.78 is 2.20. The number of aromatic nitrogens is 3. The average Bonchev–Trinajstić information content (AvgIpc) is 2.52. The van der Waals surface area contributed by atoms with Crippen LogP contribution in [0.5, 0.6) is 0 Å². The maximum atomic E-state index is 6.61. The summed E-state index contributed by atoms with van der Waals surface area (Å²) in [4.78, 5) is 0. The molecule has 0 amide bonds. The summed E-state index contributed by atoms with van der Waals surface area (Å²) in [5, 5.41) is 8.58. The number of nitrogens with two attached hydrogens (primary N) is 1. The van der Waals surface area contributed by atoms with Crippen molar-refractivity contribution in [3.05, 3.63) is 11.6 Å². The summed E-state index contributed by atoms with van der Waals surface area (Å²) in [6.07, 6.45) is 7.10. The van der Waals surface area contributed by atoms with Crippen LogP contribution in [0.25, 0.3) is 0 Å². The van der Waals surface area contributed by atoms with Gasteiger partial charge in [0.05, 0.1) is 5.54 Å². The van der Waals surface area contributed by atoms with Gasteiger partial charge in [-0.25, -0.2) is 0 Å². The van der Waals surface area contributed by atoms with Crippen LogP contribution in [0.1, 0.15) is 70.1 Å². The minimum absolute atomic E-state index is 0.262. The van der Waals surface area contributed by atoms with E-state index in [9.17, 15) is 0 Å². The summed E-state index contributed by atoms with van der Waals surface area (Å²) in [7, 11) is 0. The standard InChI is InChI=1S/C13H24N4/c1-10(2)17-11(3)15-16-12(17)13(14)8-6-4-5-7-9-13/h10H,4-9,14H2,1-3H3. The molecule has 1 aliphatic carbocycles. The van der Waals surface area contributed by atoms with Gasteiger partial charge in [0.25, 0.3) is 0 Å². The molecular formula is C13H24N4. The third kappa shape index (κ3) is 2.37. The molecular weight excluding hydrogens is 212 g/mol. The zero-order chi connectivity index (χ0) is 12.5. The molecule has 1 aliphatic rings. The van der Waals surface area contributed by atoms with E-state index in [2.05, 4.69) is 28.6 Å². The maximum Gasteiger partial charge on any atom is 0.153 e. The van der Waals surface area contributed by atoms with Crippen LogP contribution >= 0.6 is 0 Å². The van der Waals surface area contributed by atoms with Gasteiger partial charge in [0.15, 0.2) is 5.82 Å². The van der Waals surface area contributed by atoms with E-state index in [1.165, 1.54) is 25.7 Å². The molecule has 1 aromatic heterocycles. The third-order valence-corrected chi connectivity index (χ3v) is 3.82. The van der Waals surface area contributed by atoms with Gasteiger partial charge in [-0.15, -0.1) is 10.2 Å². The van der Waals surface area contributed by atoms with Crippen LogP contribution in [-0.4, -0.2) is 14.8 Å². The molecule has 0 aromatic carbocycles. The molecule has 0 saturated heterocycles. The van der Waals surface area contributed by atoms with E-state index in [1.54, 1.807) is 0 Å². The normalized spacial score (nSPS) is 20.5. The van der Waals surface area contributed by atoms with Gasteiger partial charge < -0.3 is 10.3 Å². The van der Waals surface area contributed by atoms with E-state index in [4.69, 9.17) is 5.73 Å². The first-order valence-corrected chi connectivity index (χ1v) is 6.75. The van der Waals surface area contributed by atoms with E-state index in [-0.39, 0.29) is 5.54 Å². The molecule has 4 heteroatoms. The fourth-order valence-electron chi connectivity index (χ4n) is 2.91. The fourth-order valence-corrected chi connectivity index (χ4v) is 2.91. The lowest BCUT2D eigenvalue weighted by Gasteiger charge is -2.29. The van der Waals surface area contributed by atoms with Crippen LogP contribution in [-0.2, 0) is 5.54 Å². The van der Waals surface area contributed by atoms with Crippen LogP contribution in [0, 0.1) is 6.92 Å². The van der Waals surface area contributed by atoms with Crippen molar-refractivity contribution in [2.45, 2.75) is 70.9 Å². The zero-order valence-electron chi connectivity index (χ0n) is 11.2. The van der Waals surface area contributed by atoms with Gasteiger partial charge in [0.2, 0.25) is 0 Å². The molecule has 2 N–H and O–H groups in total. The van der Waals surface area contributed by atoms with Crippen molar-refractivity contribution in [3.63, 3.8) is 0 Å². The molecule has 1 heterocycles. The highest BCUT2D eigenvalue weighted by Gasteiger charge is 2.34. The highest BCUT2D eigenvalue weighted by Crippen LogP contribution is 2.33. The van der Waals surface area contributed by atoms with Gasteiger partial charge in [0, 0.05) is 6.04 Å². The van der Waals surface area contributed by atoms with Crippen LogP contribution in [0.2, 0.25) is 0 Å². The Kier molecular flexibility index (Phi) is 3.52. The average molecular weight is 236 g/mol. The van der Waals surface area contributed by atoms with Crippen molar-refractivity contribution in [1.82, 2.24) is 14.8 Å². The second-order valence-corrected chi connectivity index (χ2v) is 5.60. The quantitative estimate of drug-likeness (QED) is 0.803. The van der Waals surface area contributed by atoms with Crippen molar-refractivity contribution < 1.29 is 0 Å². The van der Waals surface area contributed by atoms with Crippen LogP contribution in [0.3, 0.4) is 0 Å². The molecule has 4 nitrogen and oxygen atoms in total. The van der Waals surface area contributed by atoms with Crippen LogP contribution < -0.4 is 5.73 Å². The second kappa shape index (κ2) is 4.77. The molecule has 0 aliphatic heterocycles. The summed E-state index contributed by atoms with van der Waals surface area (Å²) in [6, 6.07) is 0.378. The van der Waals surface area contributed by atoms with Gasteiger partial charge in [-0.2, -0.15) is 0 Å². The molecule has 17 heavy (non-hydrogen) atoms. The predicted molar refractivity (Wildman–Crippen MR) is 68.7 cm³/mol. The van der Waals surface area contributed by atoms with E-state index >= 15 is 0 Å². The lowest BCUT2D eigenvalue weighted by atomic mass is 9.90. The largest absolute Gasteiger partial charge is 0.319 e. The van der Waals surface area contributed by atoms with Crippen molar-refractivity contribution in [2.75, 3.05) is 0 Å². The minimum atomic E-state index is -0.262. The topological polar surface area (TPSA) is 56.7 Å². The molecule has 0 radical (unpaired) electrons. The first-order valence-electron chi connectivity index (χ1n) is 6.75. The summed E-state index contributed by atoms with van der Waals surface area (Å²) >= 11 is 0. The van der Waals surface area contributed by atoms with Crippen LogP contribution in [0.15, 0.2) is 0 Å². The lowest BCUT2D eigenvalue weighted by Crippen LogP contribution is -2.39.